The number of aromatic nitrogens is 1. The number of pyridine rings is 1. The summed E-state index contributed by atoms with van der Waals surface area (Å²) in [5.74, 6) is 0.359. The molecule has 3 N–H and O–H groups in total. The number of aliphatic imine (C=N–C) groups is 1. The van der Waals surface area contributed by atoms with Crippen LogP contribution < -0.4 is 11.1 Å². The van der Waals surface area contributed by atoms with Gasteiger partial charge in [0.2, 0.25) is 0 Å². The van der Waals surface area contributed by atoms with Gasteiger partial charge in [0.25, 0.3) is 0 Å². The smallest absolute Gasteiger partial charge is 0.193 e. The van der Waals surface area contributed by atoms with Gasteiger partial charge in [0.1, 0.15) is 0 Å². The monoisotopic (exact) mass is 388 g/mol. The third-order valence-electron chi connectivity index (χ3n) is 2.25. The van der Waals surface area contributed by atoms with E-state index in [-0.39, 0.29) is 24.0 Å². The largest absolute Gasteiger partial charge is 0.370 e. The fourth-order valence-corrected chi connectivity index (χ4v) is 1.49. The van der Waals surface area contributed by atoms with Gasteiger partial charge in [-0.25, -0.2) is 4.99 Å². The third kappa shape index (κ3) is 5.44. The molecule has 1 aromatic carbocycles. The van der Waals surface area contributed by atoms with Gasteiger partial charge in [-0.05, 0) is 24.3 Å². The molecule has 0 fully saturated rings. The summed E-state index contributed by atoms with van der Waals surface area (Å²) in [6.45, 7) is 0.419. The van der Waals surface area contributed by atoms with Crippen molar-refractivity contribution in [3.63, 3.8) is 0 Å². The van der Waals surface area contributed by atoms with E-state index in [1.165, 1.54) is 0 Å². The van der Waals surface area contributed by atoms with Gasteiger partial charge in [-0.15, -0.1) is 24.0 Å². The van der Waals surface area contributed by atoms with Crippen molar-refractivity contribution in [3.8, 4) is 0 Å². The summed E-state index contributed by atoms with van der Waals surface area (Å²) in [6, 6.07) is 13.2. The Bertz CT molecular complexity index is 528. The number of rotatable bonds is 3. The van der Waals surface area contributed by atoms with Crippen LogP contribution in [0.15, 0.2) is 53.7 Å². The quantitative estimate of drug-likeness (QED) is 0.482. The van der Waals surface area contributed by atoms with Crippen LogP contribution >= 0.6 is 35.6 Å². The number of nitrogens with zero attached hydrogens (tertiary/aromatic N) is 2. The molecule has 0 amide bonds. The number of hydrogen-bond acceptors (Lipinski definition) is 2. The number of hydrogen-bond donors (Lipinski definition) is 2. The predicted molar refractivity (Wildman–Crippen MR) is 90.1 cm³/mol. The molecule has 0 aliphatic rings. The lowest BCUT2D eigenvalue weighted by atomic mass is 10.3. The number of nitrogens with one attached hydrogen (secondary N) is 1. The second-order valence-corrected chi connectivity index (χ2v) is 4.10. The molecule has 0 radical (unpaired) electrons. The molecular weight excluding hydrogens is 375 g/mol. The Morgan fingerprint density at radius 1 is 1.21 bits per heavy atom. The fraction of sp³-hybridized carbons (Fsp3) is 0.0769. The minimum absolute atomic E-state index is 0. The van der Waals surface area contributed by atoms with Crippen LogP contribution in [0.25, 0.3) is 0 Å². The number of halogens is 2. The van der Waals surface area contributed by atoms with Crippen LogP contribution in [0.5, 0.6) is 0 Å². The Hall–Kier alpha value is -1.34. The van der Waals surface area contributed by atoms with E-state index in [4.69, 9.17) is 17.3 Å². The topological polar surface area (TPSA) is 63.3 Å². The molecule has 100 valence electrons. The molecule has 0 saturated heterocycles. The SMILES string of the molecule is I.NC(=NCc1ccc(Cl)cn1)Nc1ccccc1. The van der Waals surface area contributed by atoms with E-state index in [0.29, 0.717) is 17.5 Å². The molecule has 1 aromatic heterocycles. The summed E-state index contributed by atoms with van der Waals surface area (Å²) in [7, 11) is 0. The molecule has 0 bridgehead atoms. The van der Waals surface area contributed by atoms with Gasteiger partial charge >= 0.3 is 0 Å². The Labute approximate surface area is 134 Å². The van der Waals surface area contributed by atoms with Crippen molar-refractivity contribution < 1.29 is 0 Å². The van der Waals surface area contributed by atoms with Crippen molar-refractivity contribution in [2.45, 2.75) is 6.54 Å². The summed E-state index contributed by atoms with van der Waals surface area (Å²) >= 11 is 5.75. The maximum absolute atomic E-state index is 5.77. The highest BCUT2D eigenvalue weighted by molar-refractivity contribution is 14.0. The summed E-state index contributed by atoms with van der Waals surface area (Å²) in [5, 5.41) is 3.61. The van der Waals surface area contributed by atoms with Gasteiger partial charge in [0, 0.05) is 11.9 Å². The van der Waals surface area contributed by atoms with Gasteiger partial charge in [0.05, 0.1) is 17.3 Å². The first-order valence-electron chi connectivity index (χ1n) is 5.46. The molecule has 0 aliphatic carbocycles. The molecule has 0 aliphatic heterocycles. The zero-order valence-corrected chi connectivity index (χ0v) is 13.2. The molecule has 0 unspecified atom stereocenters. The second kappa shape index (κ2) is 7.96. The summed E-state index contributed by atoms with van der Waals surface area (Å²) < 4.78 is 0. The summed E-state index contributed by atoms with van der Waals surface area (Å²) in [5.41, 5.74) is 7.49. The Morgan fingerprint density at radius 2 is 1.95 bits per heavy atom. The highest BCUT2D eigenvalue weighted by atomic mass is 127. The minimum Gasteiger partial charge on any atom is -0.370 e. The van der Waals surface area contributed by atoms with E-state index in [9.17, 15) is 0 Å². The number of benzene rings is 1. The molecule has 2 aromatic rings. The van der Waals surface area contributed by atoms with E-state index >= 15 is 0 Å². The highest BCUT2D eigenvalue weighted by Gasteiger charge is 1.96. The van der Waals surface area contributed by atoms with Crippen molar-refractivity contribution in [2.75, 3.05) is 5.32 Å². The van der Waals surface area contributed by atoms with Gasteiger partial charge in [0.15, 0.2) is 5.96 Å². The molecule has 2 rings (SSSR count). The maximum atomic E-state index is 5.77. The van der Waals surface area contributed by atoms with Crippen LogP contribution in [0.3, 0.4) is 0 Å². The lowest BCUT2D eigenvalue weighted by Gasteiger charge is -2.04. The van der Waals surface area contributed by atoms with E-state index < -0.39 is 0 Å². The lowest BCUT2D eigenvalue weighted by Crippen LogP contribution is -2.22. The Kier molecular flexibility index (Phi) is 6.58. The molecule has 0 spiro atoms. The number of guanidine groups is 1. The van der Waals surface area contributed by atoms with E-state index in [1.54, 1.807) is 12.3 Å². The van der Waals surface area contributed by atoms with Crippen LogP contribution in [0, 0.1) is 0 Å². The van der Waals surface area contributed by atoms with Gasteiger partial charge in [-0.1, -0.05) is 29.8 Å². The first kappa shape index (κ1) is 15.7. The molecule has 4 nitrogen and oxygen atoms in total. The van der Waals surface area contributed by atoms with Gasteiger partial charge < -0.3 is 11.1 Å². The highest BCUT2D eigenvalue weighted by Crippen LogP contribution is 2.07. The number of para-hydroxylation sites is 1. The van der Waals surface area contributed by atoms with Crippen molar-refractivity contribution in [2.24, 2.45) is 10.7 Å². The first-order valence-corrected chi connectivity index (χ1v) is 5.84. The van der Waals surface area contributed by atoms with Crippen molar-refractivity contribution >= 4 is 47.2 Å². The molecule has 0 saturated carbocycles. The minimum atomic E-state index is 0. The van der Waals surface area contributed by atoms with Crippen LogP contribution in [-0.2, 0) is 6.54 Å². The normalized spacial score (nSPS) is 10.7. The van der Waals surface area contributed by atoms with Crippen LogP contribution in [-0.4, -0.2) is 10.9 Å². The molecular formula is C13H14ClIN4. The summed E-state index contributed by atoms with van der Waals surface area (Å²) in [4.78, 5) is 8.33. The Balaban J connectivity index is 0.00000180. The third-order valence-corrected chi connectivity index (χ3v) is 2.47. The zero-order valence-electron chi connectivity index (χ0n) is 10.1. The Morgan fingerprint density at radius 3 is 2.58 bits per heavy atom. The number of nitrogens with two attached hydrogens (primary N) is 1. The number of anilines is 1. The average molecular weight is 389 g/mol. The average Bonchev–Trinajstić information content (AvgIpc) is 2.39. The van der Waals surface area contributed by atoms with Crippen LogP contribution in [0.2, 0.25) is 5.02 Å². The standard InChI is InChI=1S/C13H13ClN4.HI/c14-10-6-7-12(16-8-10)9-17-13(15)18-11-4-2-1-3-5-11;/h1-8H,9H2,(H3,15,17,18);1H. The van der Waals surface area contributed by atoms with Crippen molar-refractivity contribution in [3.05, 3.63) is 59.4 Å². The molecule has 6 heteroatoms. The molecule has 19 heavy (non-hydrogen) atoms. The van der Waals surface area contributed by atoms with E-state index in [1.807, 2.05) is 36.4 Å². The van der Waals surface area contributed by atoms with Gasteiger partial charge in [-0.3, -0.25) is 4.98 Å². The van der Waals surface area contributed by atoms with Crippen molar-refractivity contribution in [1.82, 2.24) is 4.98 Å². The molecule has 1 heterocycles. The zero-order chi connectivity index (χ0) is 12.8. The molecule has 0 atom stereocenters. The van der Waals surface area contributed by atoms with E-state index in [0.717, 1.165) is 11.4 Å². The van der Waals surface area contributed by atoms with Crippen molar-refractivity contribution in [1.29, 1.82) is 0 Å². The fourth-order valence-electron chi connectivity index (χ4n) is 1.38. The van der Waals surface area contributed by atoms with Crippen LogP contribution in [0.1, 0.15) is 5.69 Å². The summed E-state index contributed by atoms with van der Waals surface area (Å²) in [6.07, 6.45) is 1.59. The second-order valence-electron chi connectivity index (χ2n) is 3.66. The first-order chi connectivity index (χ1) is 8.74. The lowest BCUT2D eigenvalue weighted by molar-refractivity contribution is 0.985. The van der Waals surface area contributed by atoms with Gasteiger partial charge in [-0.2, -0.15) is 0 Å². The maximum Gasteiger partial charge on any atom is 0.193 e. The van der Waals surface area contributed by atoms with Crippen LogP contribution in [0.4, 0.5) is 5.69 Å². The van der Waals surface area contributed by atoms with E-state index in [2.05, 4.69) is 15.3 Å². The predicted octanol–water partition coefficient (Wildman–Crippen LogP) is 3.28.